The monoisotopic (exact) mass is 336 g/mol. The van der Waals surface area contributed by atoms with E-state index in [0.29, 0.717) is 0 Å². The average molecular weight is 337 g/mol. The Morgan fingerprint density at radius 3 is 2.17 bits per heavy atom. The molecule has 3 nitrogen and oxygen atoms in total. The van der Waals surface area contributed by atoms with Gasteiger partial charge in [0.15, 0.2) is 0 Å². The molecule has 0 fully saturated rings. The van der Waals surface area contributed by atoms with Crippen molar-refractivity contribution in [3.8, 4) is 0 Å². The van der Waals surface area contributed by atoms with E-state index < -0.39 is 0 Å². The van der Waals surface area contributed by atoms with Crippen molar-refractivity contribution in [3.05, 3.63) is 12.2 Å². The number of allylic oxidation sites excluding steroid dienone is 2. The third-order valence-corrected chi connectivity index (χ3v) is 4.83. The Kier molecular flexibility index (Phi) is 12.8. The summed E-state index contributed by atoms with van der Waals surface area (Å²) in [5, 5.41) is 9.68. The molecule has 1 aliphatic heterocycles. The molecular weight excluding hydrogens is 296 g/mol. The Morgan fingerprint density at radius 2 is 1.54 bits per heavy atom. The summed E-state index contributed by atoms with van der Waals surface area (Å²) in [6.07, 6.45) is 21.3. The Labute approximate surface area is 150 Å². The van der Waals surface area contributed by atoms with Gasteiger partial charge in [-0.2, -0.15) is 0 Å². The summed E-state index contributed by atoms with van der Waals surface area (Å²) in [5.41, 5.74) is 0. The van der Waals surface area contributed by atoms with E-state index in [9.17, 15) is 5.11 Å². The van der Waals surface area contributed by atoms with Gasteiger partial charge in [0.05, 0.1) is 6.54 Å². The summed E-state index contributed by atoms with van der Waals surface area (Å²) in [6.45, 7) is 5.83. The van der Waals surface area contributed by atoms with Crippen LogP contribution >= 0.6 is 0 Å². The van der Waals surface area contributed by atoms with Gasteiger partial charge in [0, 0.05) is 13.0 Å². The topological polar surface area (TPSA) is 35.8 Å². The van der Waals surface area contributed by atoms with Crippen molar-refractivity contribution >= 4 is 5.84 Å². The highest BCUT2D eigenvalue weighted by molar-refractivity contribution is 5.83. The Morgan fingerprint density at radius 1 is 0.958 bits per heavy atom. The molecule has 3 heteroatoms. The second kappa shape index (κ2) is 14.5. The predicted octanol–water partition coefficient (Wildman–Crippen LogP) is 5.69. The van der Waals surface area contributed by atoms with Crippen molar-refractivity contribution < 1.29 is 5.11 Å². The van der Waals surface area contributed by atoms with E-state index in [4.69, 9.17) is 0 Å². The van der Waals surface area contributed by atoms with E-state index in [1.54, 1.807) is 0 Å². The summed E-state index contributed by atoms with van der Waals surface area (Å²) in [6, 6.07) is 0. The molecule has 1 N–H and O–H groups in total. The van der Waals surface area contributed by atoms with Crippen LogP contribution in [0.15, 0.2) is 17.1 Å². The van der Waals surface area contributed by atoms with Gasteiger partial charge in [-0.3, -0.25) is 4.99 Å². The predicted molar refractivity (Wildman–Crippen MR) is 106 cm³/mol. The fourth-order valence-electron chi connectivity index (χ4n) is 3.30. The molecule has 1 atom stereocenters. The molecule has 24 heavy (non-hydrogen) atoms. The van der Waals surface area contributed by atoms with Crippen LogP contribution in [0.2, 0.25) is 0 Å². The third-order valence-electron chi connectivity index (χ3n) is 4.83. The quantitative estimate of drug-likeness (QED) is 0.308. The number of aliphatic hydroxyl groups excluding tert-OH is 1. The van der Waals surface area contributed by atoms with Crippen molar-refractivity contribution in [2.24, 2.45) is 4.99 Å². The van der Waals surface area contributed by atoms with Crippen LogP contribution < -0.4 is 0 Å². The summed E-state index contributed by atoms with van der Waals surface area (Å²) in [5.74, 6) is 1.12. The molecule has 1 unspecified atom stereocenters. The maximum atomic E-state index is 9.68. The fraction of sp³-hybridized carbons (Fsp3) is 0.857. The smallest absolute Gasteiger partial charge is 0.125 e. The number of unbranched alkanes of at least 4 members (excludes halogenated alkanes) is 10. The fourth-order valence-corrected chi connectivity index (χ4v) is 3.30. The average Bonchev–Trinajstić information content (AvgIpc) is 3.04. The highest BCUT2D eigenvalue weighted by Gasteiger charge is 2.19. The van der Waals surface area contributed by atoms with Crippen LogP contribution in [0, 0.1) is 0 Å². The molecule has 0 aliphatic carbocycles. The minimum Gasteiger partial charge on any atom is -0.374 e. The largest absolute Gasteiger partial charge is 0.374 e. The number of hydrogen-bond acceptors (Lipinski definition) is 3. The molecule has 0 amide bonds. The SMILES string of the molecule is CCCC/C=C/CCCCCCCCCCC1=NCCN1C(C)O. The van der Waals surface area contributed by atoms with Crippen molar-refractivity contribution in [1.82, 2.24) is 4.90 Å². The van der Waals surface area contributed by atoms with Gasteiger partial charge in [-0.1, -0.05) is 70.4 Å². The van der Waals surface area contributed by atoms with E-state index in [1.807, 2.05) is 11.8 Å². The number of amidine groups is 1. The third kappa shape index (κ3) is 10.1. The maximum absolute atomic E-state index is 9.68. The van der Waals surface area contributed by atoms with Crippen LogP contribution in [0.3, 0.4) is 0 Å². The zero-order valence-corrected chi connectivity index (χ0v) is 16.2. The van der Waals surface area contributed by atoms with Crippen LogP contribution in [0.1, 0.15) is 97.3 Å². The van der Waals surface area contributed by atoms with Crippen LogP contribution in [-0.4, -0.2) is 35.2 Å². The highest BCUT2D eigenvalue weighted by Crippen LogP contribution is 2.14. The van der Waals surface area contributed by atoms with Gasteiger partial charge in [-0.25, -0.2) is 0 Å². The van der Waals surface area contributed by atoms with Gasteiger partial charge in [0.1, 0.15) is 12.1 Å². The zero-order valence-electron chi connectivity index (χ0n) is 16.2. The molecule has 0 aromatic heterocycles. The number of rotatable bonds is 15. The second-order valence-corrected chi connectivity index (χ2v) is 7.10. The molecule has 1 aliphatic rings. The molecule has 0 aromatic rings. The van der Waals surface area contributed by atoms with Gasteiger partial charge in [0.2, 0.25) is 0 Å². The first-order chi connectivity index (χ1) is 11.8. The lowest BCUT2D eigenvalue weighted by Gasteiger charge is -2.23. The van der Waals surface area contributed by atoms with Gasteiger partial charge in [-0.05, 0) is 32.6 Å². The second-order valence-electron chi connectivity index (χ2n) is 7.10. The molecule has 0 saturated carbocycles. The van der Waals surface area contributed by atoms with Crippen LogP contribution in [0.25, 0.3) is 0 Å². The molecule has 0 saturated heterocycles. The molecule has 1 rings (SSSR count). The first-order valence-electron chi connectivity index (χ1n) is 10.4. The maximum Gasteiger partial charge on any atom is 0.125 e. The number of aliphatic hydroxyl groups is 1. The van der Waals surface area contributed by atoms with Crippen LogP contribution in [-0.2, 0) is 0 Å². The lowest BCUT2D eigenvalue weighted by molar-refractivity contribution is 0.0766. The van der Waals surface area contributed by atoms with E-state index >= 15 is 0 Å². The molecule has 0 spiro atoms. The van der Waals surface area contributed by atoms with E-state index in [1.165, 1.54) is 77.0 Å². The minimum atomic E-state index is -0.382. The van der Waals surface area contributed by atoms with Gasteiger partial charge < -0.3 is 10.0 Å². The zero-order chi connectivity index (χ0) is 17.5. The minimum absolute atomic E-state index is 0.382. The summed E-state index contributed by atoms with van der Waals surface area (Å²) >= 11 is 0. The first kappa shape index (κ1) is 21.2. The van der Waals surface area contributed by atoms with Crippen molar-refractivity contribution in [3.63, 3.8) is 0 Å². The molecule has 0 aromatic carbocycles. The molecule has 1 heterocycles. The van der Waals surface area contributed by atoms with E-state index in [2.05, 4.69) is 24.1 Å². The lowest BCUT2D eigenvalue weighted by atomic mass is 10.1. The first-order valence-corrected chi connectivity index (χ1v) is 10.4. The van der Waals surface area contributed by atoms with E-state index in [0.717, 1.165) is 25.3 Å². The Hall–Kier alpha value is -0.830. The van der Waals surface area contributed by atoms with Crippen molar-refractivity contribution in [2.45, 2.75) is 104 Å². The van der Waals surface area contributed by atoms with E-state index in [-0.39, 0.29) is 6.23 Å². The van der Waals surface area contributed by atoms with Crippen LogP contribution in [0.4, 0.5) is 0 Å². The summed E-state index contributed by atoms with van der Waals surface area (Å²) in [4.78, 5) is 6.55. The molecular formula is C21H40N2O. The molecule has 0 radical (unpaired) electrons. The van der Waals surface area contributed by atoms with Gasteiger partial charge in [0.25, 0.3) is 0 Å². The Bertz CT molecular complexity index is 350. The van der Waals surface area contributed by atoms with Crippen LogP contribution in [0.5, 0.6) is 0 Å². The molecule has 140 valence electrons. The van der Waals surface area contributed by atoms with Gasteiger partial charge in [-0.15, -0.1) is 0 Å². The summed E-state index contributed by atoms with van der Waals surface area (Å²) in [7, 11) is 0. The number of nitrogens with zero attached hydrogens (tertiary/aromatic N) is 2. The van der Waals surface area contributed by atoms with Crippen molar-refractivity contribution in [2.75, 3.05) is 13.1 Å². The number of hydrogen-bond donors (Lipinski definition) is 1. The molecule has 0 bridgehead atoms. The normalized spacial score (nSPS) is 16.1. The standard InChI is InChI=1S/C21H40N2O/c1-3-4-5-6-7-8-9-10-11-12-13-14-15-16-17-21-22-18-19-23(21)20(2)24/h6-7,20,24H,3-5,8-19H2,1-2H3/b7-6+. The highest BCUT2D eigenvalue weighted by atomic mass is 16.3. The Balaban J connectivity index is 1.83. The lowest BCUT2D eigenvalue weighted by Crippen LogP contribution is -2.35. The summed E-state index contributed by atoms with van der Waals surface area (Å²) < 4.78 is 0. The van der Waals surface area contributed by atoms with Gasteiger partial charge >= 0.3 is 0 Å². The number of aliphatic imine (C=N–C) groups is 1. The van der Waals surface area contributed by atoms with Crippen molar-refractivity contribution in [1.29, 1.82) is 0 Å².